The molecule has 1 aliphatic rings. The fourth-order valence-corrected chi connectivity index (χ4v) is 2.00. The van der Waals surface area contributed by atoms with Gasteiger partial charge in [-0.05, 0) is 30.7 Å². The number of ether oxygens (including phenoxy) is 1. The van der Waals surface area contributed by atoms with Gasteiger partial charge in [-0.3, -0.25) is 0 Å². The minimum absolute atomic E-state index is 0.298. The van der Waals surface area contributed by atoms with Crippen LogP contribution in [0.1, 0.15) is 12.5 Å². The zero-order valence-corrected chi connectivity index (χ0v) is 10.8. The lowest BCUT2D eigenvalue weighted by Crippen LogP contribution is -2.19. The summed E-state index contributed by atoms with van der Waals surface area (Å²) in [6.07, 6.45) is 3.81. The van der Waals surface area contributed by atoms with Crippen LogP contribution in [0.15, 0.2) is 48.2 Å². The summed E-state index contributed by atoms with van der Waals surface area (Å²) in [6, 6.07) is 4.82. The number of hydrogen-bond donors (Lipinski definition) is 0. The summed E-state index contributed by atoms with van der Waals surface area (Å²) in [5.74, 6) is 0.224. The van der Waals surface area contributed by atoms with Crippen molar-refractivity contribution in [1.29, 1.82) is 0 Å². The summed E-state index contributed by atoms with van der Waals surface area (Å²) in [5, 5.41) is 0. The standard InChI is InChI=1S/C15H16FNO/c1-10-8-9-13(17(3)11(10)2)15-12(16)6-5-7-14(15)18-4/h5-9H,2H2,1,3-4H3. The van der Waals surface area contributed by atoms with E-state index in [0.29, 0.717) is 11.3 Å². The first-order valence-electron chi connectivity index (χ1n) is 5.70. The second-order valence-electron chi connectivity index (χ2n) is 4.22. The molecule has 1 heterocycles. The molecular formula is C15H16FNO. The lowest BCUT2D eigenvalue weighted by molar-refractivity contribution is 0.407. The van der Waals surface area contributed by atoms with Crippen LogP contribution in [0.5, 0.6) is 5.75 Å². The Bertz CT molecular complexity index is 558. The Morgan fingerprint density at radius 3 is 2.67 bits per heavy atom. The van der Waals surface area contributed by atoms with Crippen LogP contribution in [0.4, 0.5) is 4.39 Å². The van der Waals surface area contributed by atoms with Crippen LogP contribution in [0.3, 0.4) is 0 Å². The highest BCUT2D eigenvalue weighted by molar-refractivity contribution is 5.74. The van der Waals surface area contributed by atoms with Crippen molar-refractivity contribution in [2.45, 2.75) is 6.92 Å². The average Bonchev–Trinajstić information content (AvgIpc) is 2.37. The van der Waals surface area contributed by atoms with Crippen LogP contribution >= 0.6 is 0 Å². The van der Waals surface area contributed by atoms with E-state index >= 15 is 0 Å². The monoisotopic (exact) mass is 245 g/mol. The van der Waals surface area contributed by atoms with E-state index in [-0.39, 0.29) is 5.82 Å². The Labute approximate surface area is 107 Å². The largest absolute Gasteiger partial charge is 0.496 e. The lowest BCUT2D eigenvalue weighted by atomic mass is 10.0. The highest BCUT2D eigenvalue weighted by Gasteiger charge is 2.21. The van der Waals surface area contributed by atoms with Crippen LogP contribution in [0, 0.1) is 5.82 Å². The van der Waals surface area contributed by atoms with Crippen molar-refractivity contribution in [1.82, 2.24) is 4.90 Å². The molecule has 0 N–H and O–H groups in total. The highest BCUT2D eigenvalue weighted by atomic mass is 19.1. The predicted octanol–water partition coefficient (Wildman–Crippen LogP) is 3.58. The first-order chi connectivity index (χ1) is 8.56. The molecule has 0 fully saturated rings. The normalized spacial score (nSPS) is 15.3. The third-order valence-electron chi connectivity index (χ3n) is 3.16. The molecule has 0 atom stereocenters. The van der Waals surface area contributed by atoms with Gasteiger partial charge in [0, 0.05) is 12.7 Å². The Morgan fingerprint density at radius 1 is 1.28 bits per heavy atom. The van der Waals surface area contributed by atoms with Crippen molar-refractivity contribution in [2.24, 2.45) is 0 Å². The van der Waals surface area contributed by atoms with Crippen LogP contribution < -0.4 is 4.74 Å². The van der Waals surface area contributed by atoms with Crippen molar-refractivity contribution in [3.05, 3.63) is 59.6 Å². The first-order valence-corrected chi connectivity index (χ1v) is 5.70. The third-order valence-corrected chi connectivity index (χ3v) is 3.16. The van der Waals surface area contributed by atoms with Gasteiger partial charge in [-0.2, -0.15) is 0 Å². The summed E-state index contributed by atoms with van der Waals surface area (Å²) in [5.41, 5.74) is 3.14. The lowest BCUT2D eigenvalue weighted by Gasteiger charge is -2.29. The molecule has 2 rings (SSSR count). The van der Waals surface area contributed by atoms with Gasteiger partial charge in [0.2, 0.25) is 0 Å². The molecule has 0 aliphatic carbocycles. The van der Waals surface area contributed by atoms with Crippen molar-refractivity contribution >= 4 is 5.70 Å². The van der Waals surface area contributed by atoms with Crippen molar-refractivity contribution in [2.75, 3.05) is 14.2 Å². The van der Waals surface area contributed by atoms with Gasteiger partial charge in [0.25, 0.3) is 0 Å². The Morgan fingerprint density at radius 2 is 2.00 bits per heavy atom. The number of likely N-dealkylation sites (N-methyl/N-ethyl adjacent to an activating group) is 1. The summed E-state index contributed by atoms with van der Waals surface area (Å²) >= 11 is 0. The molecule has 0 spiro atoms. The van der Waals surface area contributed by atoms with Gasteiger partial charge in [0.1, 0.15) is 11.6 Å². The molecule has 1 aliphatic heterocycles. The molecule has 1 aromatic rings. The molecule has 0 unspecified atom stereocenters. The van der Waals surface area contributed by atoms with Gasteiger partial charge in [-0.1, -0.05) is 18.7 Å². The van der Waals surface area contributed by atoms with E-state index in [1.54, 1.807) is 12.1 Å². The number of nitrogens with zero attached hydrogens (tertiary/aromatic N) is 1. The zero-order chi connectivity index (χ0) is 13.3. The zero-order valence-electron chi connectivity index (χ0n) is 10.8. The third kappa shape index (κ3) is 1.92. The Hall–Kier alpha value is -2.03. The van der Waals surface area contributed by atoms with Crippen LogP contribution in [-0.4, -0.2) is 19.1 Å². The van der Waals surface area contributed by atoms with Gasteiger partial charge < -0.3 is 9.64 Å². The molecule has 0 bridgehead atoms. The fourth-order valence-electron chi connectivity index (χ4n) is 2.00. The highest BCUT2D eigenvalue weighted by Crippen LogP contribution is 2.35. The van der Waals surface area contributed by atoms with Gasteiger partial charge in [-0.15, -0.1) is 0 Å². The minimum atomic E-state index is -0.298. The Kier molecular flexibility index (Phi) is 3.24. The number of benzene rings is 1. The van der Waals surface area contributed by atoms with E-state index in [0.717, 1.165) is 17.0 Å². The second-order valence-corrected chi connectivity index (χ2v) is 4.22. The minimum Gasteiger partial charge on any atom is -0.496 e. The van der Waals surface area contributed by atoms with E-state index in [4.69, 9.17) is 4.74 Å². The Balaban J connectivity index is 2.59. The number of methoxy groups -OCH3 is 1. The van der Waals surface area contributed by atoms with E-state index < -0.39 is 0 Å². The summed E-state index contributed by atoms with van der Waals surface area (Å²) in [4.78, 5) is 1.87. The summed E-state index contributed by atoms with van der Waals surface area (Å²) in [7, 11) is 3.41. The van der Waals surface area contributed by atoms with Crippen molar-refractivity contribution in [3.8, 4) is 5.75 Å². The number of hydrogen-bond acceptors (Lipinski definition) is 2. The summed E-state index contributed by atoms with van der Waals surface area (Å²) < 4.78 is 19.3. The maximum absolute atomic E-state index is 14.0. The van der Waals surface area contributed by atoms with Crippen molar-refractivity contribution in [3.63, 3.8) is 0 Å². The van der Waals surface area contributed by atoms with E-state index in [2.05, 4.69) is 6.58 Å². The number of allylic oxidation sites excluding steroid dienone is 3. The van der Waals surface area contributed by atoms with E-state index in [9.17, 15) is 4.39 Å². The smallest absolute Gasteiger partial charge is 0.136 e. The van der Waals surface area contributed by atoms with Gasteiger partial charge in [0.05, 0.1) is 18.4 Å². The molecule has 0 saturated heterocycles. The van der Waals surface area contributed by atoms with Gasteiger partial charge in [-0.25, -0.2) is 4.39 Å². The first kappa shape index (κ1) is 12.4. The van der Waals surface area contributed by atoms with Crippen LogP contribution in [0.25, 0.3) is 5.70 Å². The predicted molar refractivity (Wildman–Crippen MR) is 71.6 cm³/mol. The molecular weight excluding hydrogens is 229 g/mol. The molecule has 94 valence electrons. The molecule has 0 radical (unpaired) electrons. The molecule has 0 aromatic heterocycles. The fraction of sp³-hybridized carbons (Fsp3) is 0.200. The van der Waals surface area contributed by atoms with E-state index in [1.165, 1.54) is 13.2 Å². The van der Waals surface area contributed by atoms with Gasteiger partial charge in [0.15, 0.2) is 0 Å². The maximum Gasteiger partial charge on any atom is 0.136 e. The molecule has 3 heteroatoms. The van der Waals surface area contributed by atoms with Crippen LogP contribution in [-0.2, 0) is 0 Å². The second kappa shape index (κ2) is 4.69. The quantitative estimate of drug-likeness (QED) is 0.789. The molecule has 2 nitrogen and oxygen atoms in total. The SMILES string of the molecule is C=C1C(C)=CC=C(c2c(F)cccc2OC)N1C. The maximum atomic E-state index is 14.0. The summed E-state index contributed by atoms with van der Waals surface area (Å²) in [6.45, 7) is 5.97. The molecule has 18 heavy (non-hydrogen) atoms. The van der Waals surface area contributed by atoms with Crippen molar-refractivity contribution < 1.29 is 9.13 Å². The number of halogens is 1. The van der Waals surface area contributed by atoms with E-state index in [1.807, 2.05) is 31.0 Å². The topological polar surface area (TPSA) is 12.5 Å². The molecule has 0 amide bonds. The van der Waals surface area contributed by atoms with Crippen LogP contribution in [0.2, 0.25) is 0 Å². The average molecular weight is 245 g/mol. The molecule has 0 saturated carbocycles. The molecule has 1 aromatic carbocycles. The van der Waals surface area contributed by atoms with Gasteiger partial charge >= 0.3 is 0 Å². The number of rotatable bonds is 2.